The number of carbonyl (C=O) groups excluding carboxylic acids is 1. The number of rotatable bonds is 5. The summed E-state index contributed by atoms with van der Waals surface area (Å²) in [6.07, 6.45) is 0.426. The number of para-hydroxylation sites is 1. The minimum absolute atomic E-state index is 0.0832. The normalized spacial score (nSPS) is 17.1. The molecule has 0 bridgehead atoms. The van der Waals surface area contributed by atoms with Crippen LogP contribution in [0, 0.1) is 0 Å². The third-order valence-electron chi connectivity index (χ3n) is 3.69. The van der Waals surface area contributed by atoms with Gasteiger partial charge in [0.25, 0.3) is 0 Å². The van der Waals surface area contributed by atoms with Gasteiger partial charge in [-0.3, -0.25) is 4.79 Å². The number of anilines is 1. The SMILES string of the molecule is O=C1Nc2ccccc2C1CCNS(=O)(=O)c1ccccc1. The average molecular weight is 316 g/mol. The highest BCUT2D eigenvalue weighted by Crippen LogP contribution is 2.33. The Morgan fingerprint density at radius 1 is 1.00 bits per heavy atom. The number of hydrogen-bond donors (Lipinski definition) is 2. The quantitative estimate of drug-likeness (QED) is 0.887. The predicted octanol–water partition coefficient (Wildman–Crippen LogP) is 2.09. The van der Waals surface area contributed by atoms with E-state index in [9.17, 15) is 13.2 Å². The van der Waals surface area contributed by atoms with Crippen LogP contribution in [0.15, 0.2) is 59.5 Å². The van der Waals surface area contributed by atoms with Gasteiger partial charge in [-0.1, -0.05) is 36.4 Å². The molecule has 1 amide bonds. The summed E-state index contributed by atoms with van der Waals surface area (Å²) in [6.45, 7) is 0.212. The Morgan fingerprint density at radius 3 is 2.45 bits per heavy atom. The first-order chi connectivity index (χ1) is 10.6. The van der Waals surface area contributed by atoms with Crippen LogP contribution in [-0.2, 0) is 14.8 Å². The molecule has 2 N–H and O–H groups in total. The van der Waals surface area contributed by atoms with E-state index < -0.39 is 10.0 Å². The Bertz CT molecular complexity index is 788. The van der Waals surface area contributed by atoms with Crippen LogP contribution in [-0.4, -0.2) is 20.9 Å². The molecule has 2 aromatic rings. The molecule has 3 rings (SSSR count). The number of fused-ring (bicyclic) bond motifs is 1. The zero-order valence-corrected chi connectivity index (χ0v) is 12.6. The second-order valence-corrected chi connectivity index (χ2v) is 6.90. The molecule has 0 aromatic heterocycles. The van der Waals surface area contributed by atoms with Crippen molar-refractivity contribution in [2.75, 3.05) is 11.9 Å². The van der Waals surface area contributed by atoms with E-state index >= 15 is 0 Å². The summed E-state index contributed by atoms with van der Waals surface area (Å²) in [4.78, 5) is 12.2. The van der Waals surface area contributed by atoms with Gasteiger partial charge in [0.05, 0.1) is 10.8 Å². The molecule has 0 fully saturated rings. The van der Waals surface area contributed by atoms with Gasteiger partial charge >= 0.3 is 0 Å². The molecule has 22 heavy (non-hydrogen) atoms. The first-order valence-corrected chi connectivity index (χ1v) is 8.51. The first-order valence-electron chi connectivity index (χ1n) is 7.02. The minimum atomic E-state index is -3.53. The van der Waals surface area contributed by atoms with Gasteiger partial charge in [0.1, 0.15) is 0 Å². The fraction of sp³-hybridized carbons (Fsp3) is 0.188. The summed E-state index contributed by atoms with van der Waals surface area (Å²) in [5.74, 6) is -0.394. The van der Waals surface area contributed by atoms with Crippen LogP contribution in [0.25, 0.3) is 0 Å². The van der Waals surface area contributed by atoms with Crippen molar-refractivity contribution in [3.63, 3.8) is 0 Å². The standard InChI is InChI=1S/C16H16N2O3S/c19-16-14(13-8-4-5-9-15(13)18-16)10-11-17-22(20,21)12-6-2-1-3-7-12/h1-9,14,17H,10-11H2,(H,18,19). The van der Waals surface area contributed by atoms with Crippen molar-refractivity contribution in [2.24, 2.45) is 0 Å². The van der Waals surface area contributed by atoms with E-state index in [2.05, 4.69) is 10.0 Å². The zero-order chi connectivity index (χ0) is 15.6. The summed E-state index contributed by atoms with van der Waals surface area (Å²) in [5.41, 5.74) is 1.73. The van der Waals surface area contributed by atoms with E-state index in [1.165, 1.54) is 0 Å². The molecule has 0 radical (unpaired) electrons. The molecule has 0 saturated heterocycles. The Hall–Kier alpha value is -2.18. The number of hydrogen-bond acceptors (Lipinski definition) is 3. The molecule has 6 heteroatoms. The minimum Gasteiger partial charge on any atom is -0.325 e. The summed E-state index contributed by atoms with van der Waals surface area (Å²) in [5, 5.41) is 2.81. The molecule has 0 spiro atoms. The van der Waals surface area contributed by atoms with Gasteiger partial charge < -0.3 is 5.32 Å². The number of benzene rings is 2. The van der Waals surface area contributed by atoms with E-state index in [0.29, 0.717) is 6.42 Å². The summed E-state index contributed by atoms with van der Waals surface area (Å²) < 4.78 is 26.8. The monoisotopic (exact) mass is 316 g/mol. The molecule has 0 saturated carbocycles. The molecule has 0 aliphatic carbocycles. The summed E-state index contributed by atoms with van der Waals surface area (Å²) >= 11 is 0. The number of amides is 1. The van der Waals surface area contributed by atoms with E-state index in [1.54, 1.807) is 30.3 Å². The second-order valence-electron chi connectivity index (χ2n) is 5.13. The van der Waals surface area contributed by atoms with Crippen molar-refractivity contribution in [3.05, 3.63) is 60.2 Å². The van der Waals surface area contributed by atoms with Crippen LogP contribution in [0.2, 0.25) is 0 Å². The van der Waals surface area contributed by atoms with Crippen molar-refractivity contribution < 1.29 is 13.2 Å². The van der Waals surface area contributed by atoms with E-state index in [-0.39, 0.29) is 23.3 Å². The molecule has 1 heterocycles. The van der Waals surface area contributed by atoms with Crippen LogP contribution in [0.1, 0.15) is 17.9 Å². The molecule has 2 aromatic carbocycles. The van der Waals surface area contributed by atoms with Crippen molar-refractivity contribution in [1.82, 2.24) is 4.72 Å². The Kier molecular flexibility index (Phi) is 3.96. The van der Waals surface area contributed by atoms with Gasteiger partial charge in [0.2, 0.25) is 15.9 Å². The third kappa shape index (κ3) is 2.88. The van der Waals surface area contributed by atoms with Crippen molar-refractivity contribution in [3.8, 4) is 0 Å². The molecule has 1 unspecified atom stereocenters. The van der Waals surface area contributed by atoms with E-state index in [4.69, 9.17) is 0 Å². The Morgan fingerprint density at radius 2 is 1.68 bits per heavy atom. The van der Waals surface area contributed by atoms with Crippen molar-refractivity contribution >= 4 is 21.6 Å². The average Bonchev–Trinajstić information content (AvgIpc) is 2.84. The summed E-state index contributed by atoms with van der Waals surface area (Å²) in [7, 11) is -3.53. The van der Waals surface area contributed by atoms with Gasteiger partial charge in [-0.15, -0.1) is 0 Å². The largest absolute Gasteiger partial charge is 0.325 e. The predicted molar refractivity (Wildman–Crippen MR) is 84.1 cm³/mol. The molecular weight excluding hydrogens is 300 g/mol. The molecule has 5 nitrogen and oxygen atoms in total. The van der Waals surface area contributed by atoms with E-state index in [1.807, 2.05) is 24.3 Å². The lowest BCUT2D eigenvalue weighted by atomic mass is 9.97. The lowest BCUT2D eigenvalue weighted by Gasteiger charge is -2.10. The fourth-order valence-electron chi connectivity index (χ4n) is 2.58. The Balaban J connectivity index is 1.66. The van der Waals surface area contributed by atoms with Gasteiger partial charge in [0, 0.05) is 12.2 Å². The molecule has 1 aliphatic rings. The maximum absolute atomic E-state index is 12.1. The van der Waals surface area contributed by atoms with Crippen molar-refractivity contribution in [1.29, 1.82) is 0 Å². The zero-order valence-electron chi connectivity index (χ0n) is 11.8. The van der Waals surface area contributed by atoms with Gasteiger partial charge in [-0.25, -0.2) is 13.1 Å². The number of nitrogens with one attached hydrogen (secondary N) is 2. The molecule has 1 aliphatic heterocycles. The topological polar surface area (TPSA) is 75.3 Å². The van der Waals surface area contributed by atoms with Gasteiger partial charge in [-0.05, 0) is 30.2 Å². The lowest BCUT2D eigenvalue weighted by molar-refractivity contribution is -0.117. The first kappa shape index (κ1) is 14.7. The van der Waals surface area contributed by atoms with Gasteiger partial charge in [-0.2, -0.15) is 0 Å². The maximum Gasteiger partial charge on any atom is 0.240 e. The van der Waals surface area contributed by atoms with Crippen LogP contribution in [0.5, 0.6) is 0 Å². The maximum atomic E-state index is 12.1. The smallest absolute Gasteiger partial charge is 0.240 e. The molecule has 114 valence electrons. The highest BCUT2D eigenvalue weighted by Gasteiger charge is 2.29. The van der Waals surface area contributed by atoms with Crippen molar-refractivity contribution in [2.45, 2.75) is 17.2 Å². The highest BCUT2D eigenvalue weighted by molar-refractivity contribution is 7.89. The van der Waals surface area contributed by atoms with Crippen LogP contribution < -0.4 is 10.0 Å². The van der Waals surface area contributed by atoms with Crippen LogP contribution in [0.3, 0.4) is 0 Å². The number of carbonyl (C=O) groups is 1. The highest BCUT2D eigenvalue weighted by atomic mass is 32.2. The second kappa shape index (κ2) is 5.90. The fourth-order valence-corrected chi connectivity index (χ4v) is 3.65. The summed E-state index contributed by atoms with van der Waals surface area (Å²) in [6, 6.07) is 15.7. The lowest BCUT2D eigenvalue weighted by Crippen LogP contribution is -2.27. The number of sulfonamides is 1. The third-order valence-corrected chi connectivity index (χ3v) is 5.17. The van der Waals surface area contributed by atoms with Crippen LogP contribution >= 0.6 is 0 Å². The van der Waals surface area contributed by atoms with Gasteiger partial charge in [0.15, 0.2) is 0 Å². The van der Waals surface area contributed by atoms with E-state index in [0.717, 1.165) is 11.3 Å². The van der Waals surface area contributed by atoms with Crippen LogP contribution in [0.4, 0.5) is 5.69 Å². The Labute approximate surface area is 129 Å². The molecule has 1 atom stereocenters. The molecular formula is C16H16N2O3S.